The first kappa shape index (κ1) is 16.2. The van der Waals surface area contributed by atoms with E-state index in [2.05, 4.69) is 20.7 Å². The number of rotatable bonds is 4. The molecule has 0 radical (unpaired) electrons. The Morgan fingerprint density at radius 3 is 2.92 bits per heavy atom. The molecule has 1 amide bonds. The highest BCUT2D eigenvalue weighted by Crippen LogP contribution is 2.39. The maximum atomic E-state index is 12.2. The van der Waals surface area contributed by atoms with Crippen molar-refractivity contribution in [1.82, 2.24) is 15.6 Å². The van der Waals surface area contributed by atoms with Crippen LogP contribution in [0.25, 0.3) is 11.3 Å². The molecule has 0 fully saturated rings. The number of H-pyrrole nitrogens is 1. The number of hydrazone groups is 1. The predicted octanol–water partition coefficient (Wildman–Crippen LogP) is 3.22. The van der Waals surface area contributed by atoms with Crippen LogP contribution in [0.3, 0.4) is 0 Å². The summed E-state index contributed by atoms with van der Waals surface area (Å²) in [4.78, 5) is 12.2. The number of fused-ring (bicyclic) bond motifs is 1. The van der Waals surface area contributed by atoms with E-state index in [1.807, 2.05) is 30.3 Å². The van der Waals surface area contributed by atoms with Crippen LogP contribution in [0.4, 0.5) is 0 Å². The van der Waals surface area contributed by atoms with E-state index in [1.54, 1.807) is 18.2 Å². The van der Waals surface area contributed by atoms with Crippen molar-refractivity contribution in [2.75, 3.05) is 6.79 Å². The van der Waals surface area contributed by atoms with Crippen molar-refractivity contribution in [1.29, 1.82) is 0 Å². The third-order valence-corrected chi connectivity index (χ3v) is 4.00. The van der Waals surface area contributed by atoms with Crippen LogP contribution in [0.2, 0.25) is 5.02 Å². The van der Waals surface area contributed by atoms with Crippen molar-refractivity contribution in [2.24, 2.45) is 5.10 Å². The Morgan fingerprint density at radius 1 is 1.23 bits per heavy atom. The van der Waals surface area contributed by atoms with Crippen molar-refractivity contribution in [3.05, 3.63) is 64.8 Å². The quantitative estimate of drug-likeness (QED) is 0.546. The van der Waals surface area contributed by atoms with Gasteiger partial charge in [0.05, 0.1) is 16.9 Å². The van der Waals surface area contributed by atoms with E-state index in [9.17, 15) is 4.79 Å². The number of nitrogens with zero attached hydrogens (tertiary/aromatic N) is 2. The van der Waals surface area contributed by atoms with Gasteiger partial charge in [0.25, 0.3) is 5.91 Å². The topological polar surface area (TPSA) is 88.6 Å². The Kier molecular flexibility index (Phi) is 4.28. The van der Waals surface area contributed by atoms with Gasteiger partial charge < -0.3 is 9.47 Å². The van der Waals surface area contributed by atoms with E-state index in [0.717, 1.165) is 5.56 Å². The van der Waals surface area contributed by atoms with Gasteiger partial charge in [-0.3, -0.25) is 9.89 Å². The smallest absolute Gasteiger partial charge is 0.289 e. The van der Waals surface area contributed by atoms with Gasteiger partial charge in [0, 0.05) is 5.56 Å². The summed E-state index contributed by atoms with van der Waals surface area (Å²) in [5, 5.41) is 11.2. The number of amides is 1. The van der Waals surface area contributed by atoms with Gasteiger partial charge in [0.15, 0.2) is 11.5 Å². The number of carbonyl (C=O) groups is 1. The zero-order chi connectivity index (χ0) is 17.9. The highest BCUT2D eigenvalue weighted by atomic mass is 35.5. The van der Waals surface area contributed by atoms with Gasteiger partial charge in [0.2, 0.25) is 6.79 Å². The number of halogens is 1. The fourth-order valence-electron chi connectivity index (χ4n) is 2.48. The lowest BCUT2D eigenvalue weighted by atomic mass is 10.1. The highest BCUT2D eigenvalue weighted by Gasteiger charge is 2.17. The number of nitrogens with one attached hydrogen (secondary N) is 2. The minimum absolute atomic E-state index is 0.135. The summed E-state index contributed by atoms with van der Waals surface area (Å²) in [5.74, 6) is 0.660. The minimum Gasteiger partial charge on any atom is -0.454 e. The summed E-state index contributed by atoms with van der Waals surface area (Å²) < 4.78 is 10.5. The third kappa shape index (κ3) is 3.25. The maximum absolute atomic E-state index is 12.2. The fourth-order valence-corrected chi connectivity index (χ4v) is 2.76. The van der Waals surface area contributed by atoms with Crippen LogP contribution in [0.1, 0.15) is 16.1 Å². The number of benzene rings is 2. The van der Waals surface area contributed by atoms with E-state index in [0.29, 0.717) is 33.5 Å². The largest absolute Gasteiger partial charge is 0.454 e. The summed E-state index contributed by atoms with van der Waals surface area (Å²) in [5.41, 5.74) is 5.03. The lowest BCUT2D eigenvalue weighted by Crippen LogP contribution is -2.18. The van der Waals surface area contributed by atoms with Crippen molar-refractivity contribution in [2.45, 2.75) is 0 Å². The van der Waals surface area contributed by atoms with Crippen LogP contribution in [-0.4, -0.2) is 29.1 Å². The molecular formula is C18H13ClN4O3. The Balaban J connectivity index is 1.44. The van der Waals surface area contributed by atoms with Crippen molar-refractivity contribution in [3.63, 3.8) is 0 Å². The molecule has 0 atom stereocenters. The molecule has 1 aliphatic heterocycles. The number of hydrogen-bond acceptors (Lipinski definition) is 5. The van der Waals surface area contributed by atoms with Crippen molar-refractivity contribution < 1.29 is 14.3 Å². The second-order valence-corrected chi connectivity index (χ2v) is 5.88. The molecular weight excluding hydrogens is 356 g/mol. The molecule has 1 aromatic heterocycles. The molecule has 2 aromatic carbocycles. The zero-order valence-corrected chi connectivity index (χ0v) is 14.2. The molecule has 1 aliphatic rings. The van der Waals surface area contributed by atoms with Gasteiger partial charge in [-0.25, -0.2) is 5.43 Å². The standard InChI is InChI=1S/C18H13ClN4O3/c19-13-6-11(7-16-17(13)26-10-25-16)9-20-23-18(24)15-8-14(21-22-15)12-4-2-1-3-5-12/h1-9H,10H2,(H,21,22)(H,23,24)/b20-9-. The lowest BCUT2D eigenvalue weighted by molar-refractivity contribution is 0.0950. The second kappa shape index (κ2) is 6.89. The Morgan fingerprint density at radius 2 is 2.08 bits per heavy atom. The number of hydrogen-bond donors (Lipinski definition) is 2. The van der Waals surface area contributed by atoms with Crippen LogP contribution in [0.5, 0.6) is 11.5 Å². The van der Waals surface area contributed by atoms with Crippen LogP contribution in [-0.2, 0) is 0 Å². The summed E-state index contributed by atoms with van der Waals surface area (Å²) >= 11 is 6.11. The van der Waals surface area contributed by atoms with Gasteiger partial charge >= 0.3 is 0 Å². The second-order valence-electron chi connectivity index (χ2n) is 5.47. The van der Waals surface area contributed by atoms with E-state index in [4.69, 9.17) is 21.1 Å². The first-order valence-electron chi connectivity index (χ1n) is 7.74. The lowest BCUT2D eigenvalue weighted by Gasteiger charge is -2.01. The Hall–Kier alpha value is -3.32. The molecule has 0 unspecified atom stereocenters. The first-order chi connectivity index (χ1) is 12.7. The Labute approximate surface area is 153 Å². The number of carbonyl (C=O) groups excluding carboxylic acids is 1. The fraction of sp³-hybridized carbons (Fsp3) is 0.0556. The molecule has 130 valence electrons. The molecule has 0 bridgehead atoms. The van der Waals surface area contributed by atoms with E-state index in [-0.39, 0.29) is 6.79 Å². The van der Waals surface area contributed by atoms with E-state index in [1.165, 1.54) is 6.21 Å². The molecule has 0 aliphatic carbocycles. The summed E-state index contributed by atoms with van der Waals surface area (Å²) in [7, 11) is 0. The van der Waals surface area contributed by atoms with Gasteiger partial charge in [-0.2, -0.15) is 10.2 Å². The zero-order valence-electron chi connectivity index (χ0n) is 13.4. The van der Waals surface area contributed by atoms with Gasteiger partial charge in [-0.05, 0) is 23.8 Å². The molecule has 0 saturated carbocycles. The molecule has 4 rings (SSSR count). The summed E-state index contributed by atoms with van der Waals surface area (Å²) in [6, 6.07) is 14.6. The van der Waals surface area contributed by atoms with Gasteiger partial charge in [-0.1, -0.05) is 41.9 Å². The van der Waals surface area contributed by atoms with Crippen LogP contribution in [0, 0.1) is 0 Å². The van der Waals surface area contributed by atoms with Crippen molar-refractivity contribution in [3.8, 4) is 22.8 Å². The van der Waals surface area contributed by atoms with Crippen LogP contribution >= 0.6 is 11.6 Å². The summed E-state index contributed by atoms with van der Waals surface area (Å²) in [6.45, 7) is 0.135. The summed E-state index contributed by atoms with van der Waals surface area (Å²) in [6.07, 6.45) is 1.47. The maximum Gasteiger partial charge on any atom is 0.289 e. The highest BCUT2D eigenvalue weighted by molar-refractivity contribution is 6.32. The molecule has 2 heterocycles. The number of aromatic nitrogens is 2. The molecule has 0 spiro atoms. The molecule has 8 heteroatoms. The normalized spacial score (nSPS) is 12.5. The van der Waals surface area contributed by atoms with Crippen molar-refractivity contribution >= 4 is 23.7 Å². The molecule has 3 aromatic rings. The molecule has 7 nitrogen and oxygen atoms in total. The van der Waals surface area contributed by atoms with Crippen LogP contribution in [0.15, 0.2) is 53.6 Å². The third-order valence-electron chi connectivity index (χ3n) is 3.72. The average Bonchev–Trinajstić information content (AvgIpc) is 3.32. The molecule has 26 heavy (non-hydrogen) atoms. The SMILES string of the molecule is O=C(N/N=C\c1cc(Cl)c2c(c1)OCO2)c1cc(-c2ccccc2)n[nH]1. The first-order valence-corrected chi connectivity index (χ1v) is 8.12. The van der Waals surface area contributed by atoms with Gasteiger partial charge in [0.1, 0.15) is 5.69 Å². The number of aromatic amines is 1. The monoisotopic (exact) mass is 368 g/mol. The molecule has 0 saturated heterocycles. The van der Waals surface area contributed by atoms with Gasteiger partial charge in [-0.15, -0.1) is 0 Å². The van der Waals surface area contributed by atoms with E-state index >= 15 is 0 Å². The van der Waals surface area contributed by atoms with E-state index < -0.39 is 5.91 Å². The Bertz CT molecular complexity index is 985. The number of ether oxygens (including phenoxy) is 2. The minimum atomic E-state index is -0.400. The molecule has 2 N–H and O–H groups in total. The predicted molar refractivity (Wildman–Crippen MR) is 96.7 cm³/mol. The van der Waals surface area contributed by atoms with Crippen LogP contribution < -0.4 is 14.9 Å². The average molecular weight is 369 g/mol.